The van der Waals surface area contributed by atoms with Gasteiger partial charge >= 0.3 is 6.18 Å². The van der Waals surface area contributed by atoms with Crippen LogP contribution in [0.15, 0.2) is 42.5 Å². The number of alkyl halides is 4. The molecule has 1 aromatic carbocycles. The van der Waals surface area contributed by atoms with Crippen molar-refractivity contribution in [3.05, 3.63) is 42.5 Å². The zero-order valence-corrected chi connectivity index (χ0v) is 9.82. The number of anilines is 1. The molecule has 2 nitrogen and oxygen atoms in total. The van der Waals surface area contributed by atoms with Crippen LogP contribution < -0.4 is 4.90 Å². The van der Waals surface area contributed by atoms with Crippen LogP contribution in [0.3, 0.4) is 0 Å². The number of hydrogen-bond acceptors (Lipinski definition) is 1. The minimum absolute atomic E-state index is 0.239. The minimum atomic E-state index is -5.19. The first kappa shape index (κ1) is 13.6. The molecule has 19 heavy (non-hydrogen) atoms. The monoisotopic (exact) mass is 273 g/mol. The Kier molecular flexibility index (Phi) is 3.34. The lowest BCUT2D eigenvalue weighted by atomic mass is 10.2. The maximum Gasteiger partial charge on any atom is 0.428 e. The largest absolute Gasteiger partial charge is 0.428 e. The molecular weight excluding hydrogens is 262 g/mol. The van der Waals surface area contributed by atoms with Crippen molar-refractivity contribution < 1.29 is 22.4 Å². The van der Waals surface area contributed by atoms with E-state index < -0.39 is 24.3 Å². The van der Waals surface area contributed by atoms with Crippen molar-refractivity contribution in [2.75, 3.05) is 4.90 Å². The molecule has 1 amide bonds. The smallest absolute Gasteiger partial charge is 0.302 e. The Morgan fingerprint density at radius 3 is 2.26 bits per heavy atom. The lowest BCUT2D eigenvalue weighted by molar-refractivity contribution is -0.185. The molecule has 0 bridgehead atoms. The normalized spacial score (nSPS) is 20.0. The van der Waals surface area contributed by atoms with Gasteiger partial charge in [0.25, 0.3) is 12.1 Å². The molecular formula is C13H11F4NO. The summed E-state index contributed by atoms with van der Waals surface area (Å²) in [6.45, 7) is 3.60. The highest BCUT2D eigenvalue weighted by molar-refractivity contribution is 5.99. The van der Waals surface area contributed by atoms with Crippen molar-refractivity contribution in [3.63, 3.8) is 0 Å². The molecule has 0 N–H and O–H groups in total. The highest BCUT2D eigenvalue weighted by Crippen LogP contribution is 2.38. The molecule has 2 rings (SSSR count). The maximum atomic E-state index is 13.2. The van der Waals surface area contributed by atoms with Gasteiger partial charge in [0.1, 0.15) is 0 Å². The predicted molar refractivity (Wildman–Crippen MR) is 62.4 cm³/mol. The Morgan fingerprint density at radius 1 is 1.32 bits per heavy atom. The lowest BCUT2D eigenvalue weighted by Gasteiger charge is -2.25. The third-order valence-electron chi connectivity index (χ3n) is 2.85. The van der Waals surface area contributed by atoms with Gasteiger partial charge in [-0.15, -0.1) is 0 Å². The standard InChI is InChI=1S/C13H11F4NO/c1-8-7-10(8)18(9-5-3-2-4-6-9)12(19)11(14)13(15,16)17/h2-6,10-11H,1,7H2. The van der Waals surface area contributed by atoms with Crippen molar-refractivity contribution >= 4 is 11.6 Å². The van der Waals surface area contributed by atoms with Crippen LogP contribution in [0.1, 0.15) is 6.42 Å². The molecule has 0 aliphatic heterocycles. The Hall–Kier alpha value is -1.85. The van der Waals surface area contributed by atoms with Gasteiger partial charge in [0.2, 0.25) is 0 Å². The van der Waals surface area contributed by atoms with Crippen molar-refractivity contribution in [2.45, 2.75) is 24.8 Å². The maximum absolute atomic E-state index is 13.2. The van der Waals surface area contributed by atoms with E-state index in [1.54, 1.807) is 18.2 Å². The molecule has 1 aromatic rings. The van der Waals surface area contributed by atoms with E-state index >= 15 is 0 Å². The Morgan fingerprint density at radius 2 is 1.84 bits per heavy atom. The highest BCUT2D eigenvalue weighted by Gasteiger charge is 2.50. The van der Waals surface area contributed by atoms with E-state index in [4.69, 9.17) is 0 Å². The van der Waals surface area contributed by atoms with Crippen molar-refractivity contribution in [2.24, 2.45) is 0 Å². The molecule has 1 aliphatic rings. The summed E-state index contributed by atoms with van der Waals surface area (Å²) in [5.41, 5.74) is 0.856. The number of benzene rings is 1. The average Bonchev–Trinajstić information content (AvgIpc) is 3.05. The summed E-state index contributed by atoms with van der Waals surface area (Å²) < 4.78 is 50.1. The van der Waals surface area contributed by atoms with Gasteiger partial charge in [0, 0.05) is 5.69 Å². The first-order valence-corrected chi connectivity index (χ1v) is 5.59. The summed E-state index contributed by atoms with van der Waals surface area (Å²) in [5, 5.41) is 0. The number of hydrogen-bond donors (Lipinski definition) is 0. The van der Waals surface area contributed by atoms with E-state index in [0.29, 0.717) is 12.0 Å². The predicted octanol–water partition coefficient (Wildman–Crippen LogP) is 3.25. The fourth-order valence-corrected chi connectivity index (χ4v) is 1.77. The fourth-order valence-electron chi connectivity index (χ4n) is 1.77. The summed E-state index contributed by atoms with van der Waals surface area (Å²) in [6.07, 6.45) is -8.31. The lowest BCUT2D eigenvalue weighted by Crippen LogP contribution is -2.45. The van der Waals surface area contributed by atoms with Crippen LogP contribution in [-0.2, 0) is 4.79 Å². The van der Waals surface area contributed by atoms with Gasteiger partial charge in [0.15, 0.2) is 0 Å². The van der Waals surface area contributed by atoms with E-state index in [1.807, 2.05) is 0 Å². The van der Waals surface area contributed by atoms with Crippen molar-refractivity contribution in [1.82, 2.24) is 0 Å². The van der Waals surface area contributed by atoms with E-state index in [2.05, 4.69) is 6.58 Å². The molecule has 0 radical (unpaired) electrons. The second kappa shape index (κ2) is 4.68. The van der Waals surface area contributed by atoms with Gasteiger partial charge < -0.3 is 4.90 Å². The van der Waals surface area contributed by atoms with Gasteiger partial charge in [-0.05, 0) is 18.6 Å². The van der Waals surface area contributed by atoms with Crippen LogP contribution in [0.4, 0.5) is 23.2 Å². The van der Waals surface area contributed by atoms with Gasteiger partial charge in [-0.25, -0.2) is 4.39 Å². The first-order chi connectivity index (χ1) is 8.82. The van der Waals surface area contributed by atoms with E-state index in [1.165, 1.54) is 12.1 Å². The molecule has 2 atom stereocenters. The van der Waals surface area contributed by atoms with E-state index in [0.717, 1.165) is 4.90 Å². The Balaban J connectivity index is 2.30. The molecule has 0 spiro atoms. The summed E-state index contributed by atoms with van der Waals surface area (Å²) >= 11 is 0. The number of nitrogens with zero attached hydrogens (tertiary/aromatic N) is 1. The van der Waals surface area contributed by atoms with Gasteiger partial charge in [0.05, 0.1) is 6.04 Å². The average molecular weight is 273 g/mol. The molecule has 2 unspecified atom stereocenters. The van der Waals surface area contributed by atoms with E-state index in [-0.39, 0.29) is 5.69 Å². The van der Waals surface area contributed by atoms with Gasteiger partial charge in [-0.1, -0.05) is 30.4 Å². The highest BCUT2D eigenvalue weighted by atomic mass is 19.4. The molecule has 1 saturated carbocycles. The molecule has 102 valence electrons. The van der Waals surface area contributed by atoms with Crippen LogP contribution in [-0.4, -0.2) is 24.3 Å². The SMILES string of the molecule is C=C1CC1N(C(=O)C(F)C(F)(F)F)c1ccccc1. The fraction of sp³-hybridized carbons (Fsp3) is 0.308. The third-order valence-corrected chi connectivity index (χ3v) is 2.85. The summed E-state index contributed by atoms with van der Waals surface area (Å²) in [6, 6.07) is 7.18. The first-order valence-electron chi connectivity index (χ1n) is 5.59. The minimum Gasteiger partial charge on any atom is -0.302 e. The van der Waals surface area contributed by atoms with E-state index in [9.17, 15) is 22.4 Å². The Bertz CT molecular complexity index is 497. The molecule has 1 fully saturated rings. The zero-order chi connectivity index (χ0) is 14.2. The summed E-state index contributed by atoms with van der Waals surface area (Å²) in [7, 11) is 0. The Labute approximate surface area is 107 Å². The summed E-state index contributed by atoms with van der Waals surface area (Å²) in [4.78, 5) is 12.5. The van der Waals surface area contributed by atoms with Crippen LogP contribution in [0.25, 0.3) is 0 Å². The van der Waals surface area contributed by atoms with Crippen molar-refractivity contribution in [1.29, 1.82) is 0 Å². The van der Waals surface area contributed by atoms with Crippen LogP contribution >= 0.6 is 0 Å². The topological polar surface area (TPSA) is 20.3 Å². The van der Waals surface area contributed by atoms with Crippen LogP contribution in [0.2, 0.25) is 0 Å². The molecule has 0 heterocycles. The molecule has 6 heteroatoms. The molecule has 0 saturated heterocycles. The van der Waals surface area contributed by atoms with Crippen molar-refractivity contribution in [3.8, 4) is 0 Å². The van der Waals surface area contributed by atoms with Gasteiger partial charge in [-0.3, -0.25) is 4.79 Å². The zero-order valence-electron chi connectivity index (χ0n) is 9.82. The molecule has 1 aliphatic carbocycles. The van der Waals surface area contributed by atoms with Crippen LogP contribution in [0, 0.1) is 0 Å². The number of carbonyl (C=O) groups is 1. The number of carbonyl (C=O) groups excluding carboxylic acids is 1. The number of para-hydroxylation sites is 1. The van der Waals surface area contributed by atoms with Crippen LogP contribution in [0.5, 0.6) is 0 Å². The second-order valence-corrected chi connectivity index (χ2v) is 4.33. The number of rotatable bonds is 3. The third kappa shape index (κ3) is 2.77. The number of amides is 1. The summed E-state index contributed by atoms with van der Waals surface area (Å²) in [5.74, 6) is -1.60. The number of halogens is 4. The van der Waals surface area contributed by atoms with Gasteiger partial charge in [-0.2, -0.15) is 13.2 Å². The second-order valence-electron chi connectivity index (χ2n) is 4.33. The quantitative estimate of drug-likeness (QED) is 0.611. The molecule has 0 aromatic heterocycles.